The molecule has 0 saturated heterocycles. The lowest BCUT2D eigenvalue weighted by molar-refractivity contribution is -0.141. The third-order valence-electron chi connectivity index (χ3n) is 5.89. The molecule has 0 unspecified atom stereocenters. The largest absolute Gasteiger partial charge is 0.436 e. The Bertz CT molecular complexity index is 1260. The lowest BCUT2D eigenvalue weighted by atomic mass is 9.72. The van der Waals surface area contributed by atoms with Gasteiger partial charge in [0.2, 0.25) is 5.78 Å². The molecule has 1 aliphatic rings. The lowest BCUT2D eigenvalue weighted by Gasteiger charge is -2.38. The van der Waals surface area contributed by atoms with E-state index < -0.39 is 11.9 Å². The first-order valence-corrected chi connectivity index (χ1v) is 10.7. The maximum Gasteiger partial charge on any atom is 0.436 e. The first kappa shape index (κ1) is 20.2. The molecule has 1 aliphatic carbocycles. The van der Waals surface area contributed by atoms with Gasteiger partial charge < -0.3 is 5.73 Å². The summed E-state index contributed by atoms with van der Waals surface area (Å²) in [7, 11) is 0. The van der Waals surface area contributed by atoms with Crippen LogP contribution in [0.25, 0.3) is 28.2 Å². The second kappa shape index (κ2) is 7.17. The van der Waals surface area contributed by atoms with E-state index in [4.69, 9.17) is 5.73 Å². The molecule has 0 atom stereocenters. The van der Waals surface area contributed by atoms with Gasteiger partial charge in [-0.2, -0.15) is 13.2 Å². The van der Waals surface area contributed by atoms with Gasteiger partial charge >= 0.3 is 6.18 Å². The molecule has 31 heavy (non-hydrogen) atoms. The molecule has 5 rings (SSSR count). The van der Waals surface area contributed by atoms with E-state index >= 15 is 0 Å². The number of nitrogens with zero attached hydrogens (tertiary/aromatic N) is 3. The van der Waals surface area contributed by atoms with Crippen molar-refractivity contribution in [2.45, 2.75) is 31.0 Å². The van der Waals surface area contributed by atoms with Crippen molar-refractivity contribution < 1.29 is 13.2 Å². The molecule has 0 radical (unpaired) electrons. The molecule has 0 bridgehead atoms. The van der Waals surface area contributed by atoms with Crippen molar-refractivity contribution in [1.82, 2.24) is 14.4 Å². The van der Waals surface area contributed by atoms with Gasteiger partial charge in [-0.1, -0.05) is 54.6 Å². The Hall–Kier alpha value is -2.71. The second-order valence-electron chi connectivity index (χ2n) is 7.88. The number of fused-ring (bicyclic) bond motifs is 1. The van der Waals surface area contributed by atoms with E-state index in [9.17, 15) is 13.2 Å². The highest BCUT2D eigenvalue weighted by Crippen LogP contribution is 2.40. The summed E-state index contributed by atoms with van der Waals surface area (Å²) < 4.78 is 41.3. The molecule has 2 heterocycles. The van der Waals surface area contributed by atoms with E-state index in [1.165, 1.54) is 4.40 Å². The van der Waals surface area contributed by atoms with Crippen LogP contribution in [0.2, 0.25) is 0 Å². The van der Waals surface area contributed by atoms with E-state index in [0.717, 1.165) is 36.0 Å². The predicted molar refractivity (Wildman–Crippen MR) is 116 cm³/mol. The van der Waals surface area contributed by atoms with Gasteiger partial charge in [-0.05, 0) is 46.3 Å². The minimum atomic E-state index is -4.58. The van der Waals surface area contributed by atoms with Crippen LogP contribution in [0.15, 0.2) is 65.4 Å². The van der Waals surface area contributed by atoms with Crippen LogP contribution in [0.5, 0.6) is 0 Å². The van der Waals surface area contributed by atoms with Crippen molar-refractivity contribution >= 4 is 21.7 Å². The predicted octanol–water partition coefficient (Wildman–Crippen LogP) is 6.18. The Balaban J connectivity index is 1.70. The quantitative estimate of drug-likeness (QED) is 0.376. The first-order chi connectivity index (χ1) is 14.8. The van der Waals surface area contributed by atoms with E-state index in [1.54, 1.807) is 6.20 Å². The van der Waals surface area contributed by atoms with Crippen LogP contribution in [0.1, 0.15) is 30.5 Å². The summed E-state index contributed by atoms with van der Waals surface area (Å²) in [4.78, 5) is 8.28. The number of halogens is 4. The van der Waals surface area contributed by atoms with Crippen molar-refractivity contribution in [3.05, 3.63) is 76.7 Å². The Labute approximate surface area is 185 Å². The average Bonchev–Trinajstić information content (AvgIpc) is 3.08. The number of aromatic nitrogens is 3. The highest BCUT2D eigenvalue weighted by Gasteiger charge is 2.38. The molecule has 2 aromatic carbocycles. The minimum Gasteiger partial charge on any atom is -0.321 e. The van der Waals surface area contributed by atoms with Crippen molar-refractivity contribution in [2.24, 2.45) is 5.73 Å². The first-order valence-electron chi connectivity index (χ1n) is 9.87. The van der Waals surface area contributed by atoms with Crippen LogP contribution in [-0.2, 0) is 11.7 Å². The monoisotopic (exact) mass is 486 g/mol. The molecule has 8 heteroatoms. The van der Waals surface area contributed by atoms with Gasteiger partial charge in [0.15, 0.2) is 5.69 Å². The van der Waals surface area contributed by atoms with Gasteiger partial charge in [0, 0.05) is 22.9 Å². The topological polar surface area (TPSA) is 56.2 Å². The minimum absolute atomic E-state index is 0.0211. The Morgan fingerprint density at radius 2 is 1.61 bits per heavy atom. The van der Waals surface area contributed by atoms with E-state index in [1.807, 2.05) is 54.6 Å². The SMILES string of the molecule is NC1(c2ccc(-c3nc4nc(C(F)(F)F)c(Br)n4cc3-c3ccccc3)cc2)CCC1. The smallest absolute Gasteiger partial charge is 0.321 e. The van der Waals surface area contributed by atoms with Crippen LogP contribution >= 0.6 is 15.9 Å². The summed E-state index contributed by atoms with van der Waals surface area (Å²) in [6.45, 7) is 0. The van der Waals surface area contributed by atoms with Crippen molar-refractivity contribution in [2.75, 3.05) is 0 Å². The molecule has 4 aromatic rings. The maximum absolute atomic E-state index is 13.4. The van der Waals surface area contributed by atoms with E-state index in [2.05, 4.69) is 25.9 Å². The molecule has 0 spiro atoms. The molecule has 2 N–H and O–H groups in total. The molecular weight excluding hydrogens is 469 g/mol. The van der Waals surface area contributed by atoms with Gasteiger partial charge in [0.05, 0.1) is 5.69 Å². The summed E-state index contributed by atoms with van der Waals surface area (Å²) in [5.74, 6) is -0.0211. The zero-order valence-electron chi connectivity index (χ0n) is 16.3. The van der Waals surface area contributed by atoms with E-state index in [-0.39, 0.29) is 15.9 Å². The van der Waals surface area contributed by atoms with Crippen molar-refractivity contribution in [3.63, 3.8) is 0 Å². The normalized spacial score (nSPS) is 15.8. The third-order valence-corrected chi connectivity index (χ3v) is 6.65. The number of rotatable bonds is 3. The number of alkyl halides is 3. The fourth-order valence-corrected chi connectivity index (χ4v) is 4.56. The van der Waals surface area contributed by atoms with Crippen LogP contribution in [0, 0.1) is 0 Å². The van der Waals surface area contributed by atoms with Gasteiger partial charge in [0.1, 0.15) is 4.60 Å². The van der Waals surface area contributed by atoms with Gasteiger partial charge in [0.25, 0.3) is 0 Å². The maximum atomic E-state index is 13.4. The third kappa shape index (κ3) is 3.43. The average molecular weight is 487 g/mol. The molecule has 2 aromatic heterocycles. The van der Waals surface area contributed by atoms with Crippen molar-refractivity contribution in [1.29, 1.82) is 0 Å². The number of nitrogens with two attached hydrogens (primary N) is 1. The molecule has 158 valence electrons. The fourth-order valence-electron chi connectivity index (χ4n) is 3.98. The molecular formula is C23H18BrF3N4. The standard InChI is InChI=1S/C23H18BrF3N4/c24-20-19(23(25,26)27)30-21-29-18(17(13-31(20)21)14-5-2-1-3-6-14)15-7-9-16(10-8-15)22(28)11-4-12-22/h1-3,5-10,13H,4,11-12,28H2. The summed E-state index contributed by atoms with van der Waals surface area (Å²) in [5, 5.41) is 0. The zero-order valence-corrected chi connectivity index (χ0v) is 17.9. The van der Waals surface area contributed by atoms with Gasteiger partial charge in [-0.25, -0.2) is 9.97 Å². The van der Waals surface area contributed by atoms with Crippen molar-refractivity contribution in [3.8, 4) is 22.4 Å². The van der Waals surface area contributed by atoms with Crippen LogP contribution in [-0.4, -0.2) is 14.4 Å². The van der Waals surface area contributed by atoms with E-state index in [0.29, 0.717) is 11.3 Å². The summed E-state index contributed by atoms with van der Waals surface area (Å²) in [6.07, 6.45) is 0.0796. The molecule has 4 nitrogen and oxygen atoms in total. The number of hydrogen-bond acceptors (Lipinski definition) is 3. The van der Waals surface area contributed by atoms with Crippen LogP contribution in [0.4, 0.5) is 13.2 Å². The Kier molecular flexibility index (Phi) is 4.67. The van der Waals surface area contributed by atoms with Gasteiger partial charge in [-0.15, -0.1) is 0 Å². The highest BCUT2D eigenvalue weighted by atomic mass is 79.9. The molecule has 1 fully saturated rings. The Morgan fingerprint density at radius 3 is 2.19 bits per heavy atom. The molecule has 1 saturated carbocycles. The fraction of sp³-hybridized carbons (Fsp3) is 0.217. The lowest BCUT2D eigenvalue weighted by Crippen LogP contribution is -2.43. The number of benzene rings is 2. The van der Waals surface area contributed by atoms with Crippen LogP contribution < -0.4 is 5.73 Å². The highest BCUT2D eigenvalue weighted by molar-refractivity contribution is 9.10. The molecule has 0 aliphatic heterocycles. The Morgan fingerprint density at radius 1 is 0.935 bits per heavy atom. The summed E-state index contributed by atoms with van der Waals surface area (Å²) in [6, 6.07) is 17.3. The summed E-state index contributed by atoms with van der Waals surface area (Å²) >= 11 is 3.05. The number of hydrogen-bond donors (Lipinski definition) is 1. The zero-order chi connectivity index (χ0) is 21.8. The van der Waals surface area contributed by atoms with Gasteiger partial charge in [-0.3, -0.25) is 4.40 Å². The van der Waals surface area contributed by atoms with Crippen LogP contribution in [0.3, 0.4) is 0 Å². The molecule has 0 amide bonds. The second-order valence-corrected chi connectivity index (χ2v) is 8.63. The summed E-state index contributed by atoms with van der Waals surface area (Å²) in [5.41, 5.74) is 9.12. The number of imidazole rings is 1.